The van der Waals surface area contributed by atoms with E-state index in [0.717, 1.165) is 13.1 Å². The van der Waals surface area contributed by atoms with Crippen molar-refractivity contribution >= 4 is 5.69 Å². The Hall–Kier alpha value is -1.16. The zero-order valence-electron chi connectivity index (χ0n) is 9.14. The van der Waals surface area contributed by atoms with Crippen molar-refractivity contribution in [2.75, 3.05) is 18.0 Å². The largest absolute Gasteiger partial charge is 0.368 e. The fraction of sp³-hybridized carbons (Fsp3) is 0.583. The van der Waals surface area contributed by atoms with Gasteiger partial charge in [-0.2, -0.15) is 0 Å². The number of hydrogen-bond acceptors (Lipinski definition) is 3. The minimum Gasteiger partial charge on any atom is -0.368 e. The Kier molecular flexibility index (Phi) is 2.32. The molecule has 3 rings (SSSR count). The van der Waals surface area contributed by atoms with E-state index in [1.54, 1.807) is 12.3 Å². The minimum atomic E-state index is -0.225. The van der Waals surface area contributed by atoms with E-state index in [9.17, 15) is 4.39 Å². The molecular formula is C12H16FN3. The van der Waals surface area contributed by atoms with Crippen LogP contribution < -0.4 is 10.6 Å². The second-order valence-corrected chi connectivity index (χ2v) is 4.91. The Balaban J connectivity index is 1.86. The highest BCUT2D eigenvalue weighted by molar-refractivity contribution is 5.47. The molecule has 2 N–H and O–H groups in total. The average Bonchev–Trinajstić information content (AvgIpc) is 2.53. The molecule has 0 spiro atoms. The summed E-state index contributed by atoms with van der Waals surface area (Å²) in [4.78, 5) is 5.91. The van der Waals surface area contributed by atoms with Crippen LogP contribution in [0.3, 0.4) is 0 Å². The van der Waals surface area contributed by atoms with Gasteiger partial charge in [0.15, 0.2) is 5.82 Å². The third-order valence-corrected chi connectivity index (χ3v) is 4.00. The highest BCUT2D eigenvalue weighted by atomic mass is 19.1. The summed E-state index contributed by atoms with van der Waals surface area (Å²) < 4.78 is 13.6. The first-order valence-corrected chi connectivity index (χ1v) is 5.86. The molecule has 1 aromatic rings. The molecule has 2 fully saturated rings. The van der Waals surface area contributed by atoms with Crippen LogP contribution >= 0.6 is 0 Å². The van der Waals surface area contributed by atoms with Crippen molar-refractivity contribution in [1.29, 1.82) is 0 Å². The minimum absolute atomic E-state index is 0.225. The number of nitrogens with zero attached hydrogens (tertiary/aromatic N) is 2. The average molecular weight is 221 g/mol. The smallest absolute Gasteiger partial charge is 0.164 e. The lowest BCUT2D eigenvalue weighted by Crippen LogP contribution is -2.49. The van der Waals surface area contributed by atoms with E-state index in [1.165, 1.54) is 19.0 Å². The third-order valence-electron chi connectivity index (χ3n) is 4.00. The van der Waals surface area contributed by atoms with Crippen molar-refractivity contribution in [3.8, 4) is 0 Å². The first-order valence-electron chi connectivity index (χ1n) is 5.86. The van der Waals surface area contributed by atoms with Gasteiger partial charge in [-0.05, 0) is 30.7 Å². The van der Waals surface area contributed by atoms with Crippen molar-refractivity contribution in [3.63, 3.8) is 0 Å². The van der Waals surface area contributed by atoms with Crippen LogP contribution in [0.25, 0.3) is 0 Å². The Morgan fingerprint density at radius 2 is 2.00 bits per heavy atom. The zero-order valence-corrected chi connectivity index (χ0v) is 9.14. The number of nitrogens with two attached hydrogens (primary N) is 1. The van der Waals surface area contributed by atoms with Gasteiger partial charge in [0.25, 0.3) is 0 Å². The summed E-state index contributed by atoms with van der Waals surface area (Å²) in [6.45, 7) is 1.78. The standard InChI is InChI=1S/C12H16FN3/c13-10-5-15-4-3-11(10)16-6-8-1-2-9(7-16)12(8)14/h3-5,8-9,12H,1-2,6-7,14H2/t8-,9+,12?. The van der Waals surface area contributed by atoms with Gasteiger partial charge >= 0.3 is 0 Å². The predicted molar refractivity (Wildman–Crippen MR) is 60.6 cm³/mol. The lowest BCUT2D eigenvalue weighted by molar-refractivity contribution is 0.354. The maximum Gasteiger partial charge on any atom is 0.164 e. The number of hydrogen-bond donors (Lipinski definition) is 1. The predicted octanol–water partition coefficient (Wildman–Crippen LogP) is 1.39. The fourth-order valence-electron chi connectivity index (χ4n) is 3.09. The lowest BCUT2D eigenvalue weighted by atomic mass is 9.93. The normalized spacial score (nSPS) is 33.1. The van der Waals surface area contributed by atoms with Gasteiger partial charge in [-0.3, -0.25) is 4.98 Å². The summed E-state index contributed by atoms with van der Waals surface area (Å²) in [7, 11) is 0. The number of piperidine rings is 1. The topological polar surface area (TPSA) is 42.1 Å². The molecule has 16 heavy (non-hydrogen) atoms. The van der Waals surface area contributed by atoms with E-state index < -0.39 is 0 Å². The molecule has 2 bridgehead atoms. The molecule has 1 aliphatic carbocycles. The van der Waals surface area contributed by atoms with Crippen LogP contribution in [0.2, 0.25) is 0 Å². The van der Waals surface area contributed by atoms with Gasteiger partial charge in [0.05, 0.1) is 11.9 Å². The van der Waals surface area contributed by atoms with E-state index >= 15 is 0 Å². The van der Waals surface area contributed by atoms with E-state index in [-0.39, 0.29) is 5.82 Å². The molecule has 4 heteroatoms. The second-order valence-electron chi connectivity index (χ2n) is 4.91. The van der Waals surface area contributed by atoms with Crippen LogP contribution in [0, 0.1) is 17.7 Å². The maximum atomic E-state index is 13.6. The zero-order chi connectivity index (χ0) is 11.1. The van der Waals surface area contributed by atoms with Gasteiger partial charge in [-0.25, -0.2) is 4.39 Å². The second kappa shape index (κ2) is 3.70. The number of halogens is 1. The number of rotatable bonds is 1. The Bertz CT molecular complexity index is 382. The molecule has 3 atom stereocenters. The Morgan fingerprint density at radius 1 is 1.31 bits per heavy atom. The number of pyridine rings is 1. The molecule has 1 aromatic heterocycles. The summed E-state index contributed by atoms with van der Waals surface area (Å²) in [5, 5.41) is 0. The van der Waals surface area contributed by atoms with Crippen LogP contribution in [0.15, 0.2) is 18.5 Å². The molecule has 0 aromatic carbocycles. The van der Waals surface area contributed by atoms with Crippen LogP contribution in [-0.4, -0.2) is 24.1 Å². The van der Waals surface area contributed by atoms with E-state index in [0.29, 0.717) is 23.6 Å². The molecule has 2 heterocycles. The molecule has 1 saturated heterocycles. The number of anilines is 1. The van der Waals surface area contributed by atoms with Gasteiger partial charge in [0.2, 0.25) is 0 Å². The van der Waals surface area contributed by atoms with Crippen LogP contribution in [0.1, 0.15) is 12.8 Å². The molecule has 1 saturated carbocycles. The summed E-state index contributed by atoms with van der Waals surface area (Å²) in [5.74, 6) is 0.843. The van der Waals surface area contributed by atoms with Crippen molar-refractivity contribution in [2.24, 2.45) is 17.6 Å². The van der Waals surface area contributed by atoms with Crippen molar-refractivity contribution in [3.05, 3.63) is 24.3 Å². The Labute approximate surface area is 94.5 Å². The molecule has 86 valence electrons. The quantitative estimate of drug-likeness (QED) is 0.779. The van der Waals surface area contributed by atoms with Crippen molar-refractivity contribution < 1.29 is 4.39 Å². The first-order chi connectivity index (χ1) is 7.75. The van der Waals surface area contributed by atoms with Crippen molar-refractivity contribution in [1.82, 2.24) is 4.98 Å². The molecule has 1 aliphatic heterocycles. The molecule has 2 aliphatic rings. The number of fused-ring (bicyclic) bond motifs is 2. The van der Waals surface area contributed by atoms with Crippen LogP contribution in [-0.2, 0) is 0 Å². The fourth-order valence-corrected chi connectivity index (χ4v) is 3.09. The summed E-state index contributed by atoms with van der Waals surface area (Å²) in [6, 6.07) is 2.08. The molecule has 0 radical (unpaired) electrons. The van der Waals surface area contributed by atoms with E-state index in [2.05, 4.69) is 9.88 Å². The monoisotopic (exact) mass is 221 g/mol. The Morgan fingerprint density at radius 3 is 2.62 bits per heavy atom. The maximum absolute atomic E-state index is 13.6. The third kappa shape index (κ3) is 1.48. The highest BCUT2D eigenvalue weighted by Gasteiger charge is 2.40. The molecule has 3 nitrogen and oxygen atoms in total. The molecule has 1 unspecified atom stereocenters. The van der Waals surface area contributed by atoms with Gasteiger partial charge in [0, 0.05) is 25.3 Å². The van der Waals surface area contributed by atoms with Gasteiger partial charge in [0.1, 0.15) is 0 Å². The van der Waals surface area contributed by atoms with E-state index in [1.807, 2.05) is 0 Å². The van der Waals surface area contributed by atoms with Gasteiger partial charge in [-0.15, -0.1) is 0 Å². The summed E-state index contributed by atoms with van der Waals surface area (Å²) in [6.07, 6.45) is 5.31. The van der Waals surface area contributed by atoms with Crippen molar-refractivity contribution in [2.45, 2.75) is 18.9 Å². The summed E-state index contributed by atoms with van der Waals surface area (Å²) in [5.41, 5.74) is 6.81. The van der Waals surface area contributed by atoms with Crippen LogP contribution in [0.5, 0.6) is 0 Å². The highest BCUT2D eigenvalue weighted by Crippen LogP contribution is 2.37. The van der Waals surface area contributed by atoms with Gasteiger partial charge < -0.3 is 10.6 Å². The molecular weight excluding hydrogens is 205 g/mol. The SMILES string of the molecule is NC1[C@@H]2CC[C@H]1CN(c1ccncc1F)C2. The summed E-state index contributed by atoms with van der Waals surface area (Å²) >= 11 is 0. The molecule has 0 amide bonds. The van der Waals surface area contributed by atoms with Gasteiger partial charge in [-0.1, -0.05) is 0 Å². The number of aromatic nitrogens is 1. The first kappa shape index (κ1) is 10.0. The van der Waals surface area contributed by atoms with E-state index in [4.69, 9.17) is 5.73 Å². The lowest BCUT2D eigenvalue weighted by Gasteiger charge is -2.37. The van der Waals surface area contributed by atoms with Crippen LogP contribution in [0.4, 0.5) is 10.1 Å².